The molecular weight excluding hydrogens is 306 g/mol. The van der Waals surface area contributed by atoms with Crippen molar-refractivity contribution in [3.8, 4) is 0 Å². The topological polar surface area (TPSA) is 118 Å². The fourth-order valence-corrected chi connectivity index (χ4v) is 2.96. The lowest BCUT2D eigenvalue weighted by atomic mass is 9.93. The molecule has 0 unspecified atom stereocenters. The van der Waals surface area contributed by atoms with Crippen LogP contribution in [-0.4, -0.2) is 55.1 Å². The second-order valence-electron chi connectivity index (χ2n) is 5.53. The number of hydrogen-bond donors (Lipinski definition) is 2. The fourth-order valence-electron chi connectivity index (χ4n) is 2.57. The Morgan fingerprint density at radius 2 is 2.18 bits per heavy atom. The van der Waals surface area contributed by atoms with E-state index in [0.717, 1.165) is 24.8 Å². The Kier molecular flexibility index (Phi) is 5.30. The summed E-state index contributed by atoms with van der Waals surface area (Å²) in [5.74, 6) is 0.474. The molecule has 0 bridgehead atoms. The van der Waals surface area contributed by atoms with Crippen molar-refractivity contribution < 1.29 is 13.2 Å². The Labute approximate surface area is 130 Å². The molecule has 22 heavy (non-hydrogen) atoms. The molecule has 1 aliphatic heterocycles. The molecule has 0 radical (unpaired) electrons. The minimum atomic E-state index is -3.36. The second kappa shape index (κ2) is 7.01. The first kappa shape index (κ1) is 16.6. The minimum Gasteiger partial charge on any atom is -0.382 e. The van der Waals surface area contributed by atoms with Crippen LogP contribution in [0.4, 0.5) is 5.82 Å². The van der Waals surface area contributed by atoms with Gasteiger partial charge in [-0.05, 0) is 25.2 Å². The lowest BCUT2D eigenvalue weighted by Crippen LogP contribution is -2.45. The highest BCUT2D eigenvalue weighted by Gasteiger charge is 2.25. The van der Waals surface area contributed by atoms with Crippen LogP contribution in [0.3, 0.4) is 0 Å². The van der Waals surface area contributed by atoms with Crippen LogP contribution in [0.25, 0.3) is 0 Å². The summed E-state index contributed by atoms with van der Waals surface area (Å²) < 4.78 is 24.3. The largest absolute Gasteiger partial charge is 0.382 e. The maximum atomic E-state index is 12.1. The molecule has 1 aromatic rings. The quantitative estimate of drug-likeness (QED) is 0.745. The molecular formula is C13H21N5O3S. The molecule has 1 saturated heterocycles. The fraction of sp³-hybridized carbons (Fsp3) is 0.615. The molecule has 1 fully saturated rings. The van der Waals surface area contributed by atoms with Gasteiger partial charge in [0.25, 0.3) is 0 Å². The maximum Gasteiger partial charge on any atom is 0.237 e. The third-order valence-corrected chi connectivity index (χ3v) is 4.31. The van der Waals surface area contributed by atoms with Gasteiger partial charge in [0, 0.05) is 25.5 Å². The standard InChI is InChI=1S/C13H21N5O3S/c1-22(20,21)17-8-12(19)18-6-2-3-10(9-18)7-11-13(14)16-5-4-15-11/h4-5,10,17H,2-3,6-9H2,1H3,(H2,14,16)/t10-/m0/s1. The van der Waals surface area contributed by atoms with Crippen molar-refractivity contribution in [3.63, 3.8) is 0 Å². The Balaban J connectivity index is 1.91. The van der Waals surface area contributed by atoms with E-state index in [0.29, 0.717) is 25.3 Å². The number of likely N-dealkylation sites (tertiary alicyclic amines) is 1. The van der Waals surface area contributed by atoms with E-state index in [1.165, 1.54) is 0 Å². The summed E-state index contributed by atoms with van der Waals surface area (Å²) in [6.07, 6.45) is 6.73. The lowest BCUT2D eigenvalue weighted by molar-refractivity contribution is -0.131. The normalized spacial score (nSPS) is 19.1. The monoisotopic (exact) mass is 327 g/mol. The van der Waals surface area contributed by atoms with Crippen molar-refractivity contribution in [1.82, 2.24) is 19.6 Å². The van der Waals surface area contributed by atoms with Crippen LogP contribution in [0, 0.1) is 5.92 Å². The van der Waals surface area contributed by atoms with E-state index in [-0.39, 0.29) is 18.4 Å². The second-order valence-corrected chi connectivity index (χ2v) is 7.37. The van der Waals surface area contributed by atoms with Crippen LogP contribution < -0.4 is 10.5 Å². The zero-order valence-electron chi connectivity index (χ0n) is 12.5. The van der Waals surface area contributed by atoms with Gasteiger partial charge in [-0.2, -0.15) is 0 Å². The van der Waals surface area contributed by atoms with E-state index in [4.69, 9.17) is 5.73 Å². The molecule has 0 spiro atoms. The van der Waals surface area contributed by atoms with Gasteiger partial charge in [0.2, 0.25) is 15.9 Å². The number of anilines is 1. The van der Waals surface area contributed by atoms with Gasteiger partial charge >= 0.3 is 0 Å². The smallest absolute Gasteiger partial charge is 0.237 e. The molecule has 3 N–H and O–H groups in total. The number of nitrogens with two attached hydrogens (primary N) is 1. The van der Waals surface area contributed by atoms with E-state index in [9.17, 15) is 13.2 Å². The molecule has 0 aliphatic carbocycles. The summed E-state index contributed by atoms with van der Waals surface area (Å²) in [6, 6.07) is 0. The Morgan fingerprint density at radius 1 is 1.45 bits per heavy atom. The molecule has 122 valence electrons. The van der Waals surface area contributed by atoms with Gasteiger partial charge in [-0.15, -0.1) is 0 Å². The highest BCUT2D eigenvalue weighted by Crippen LogP contribution is 2.21. The number of amides is 1. The van der Waals surface area contributed by atoms with Crippen molar-refractivity contribution in [2.45, 2.75) is 19.3 Å². The van der Waals surface area contributed by atoms with Gasteiger partial charge < -0.3 is 10.6 Å². The van der Waals surface area contributed by atoms with Crippen LogP contribution in [0.2, 0.25) is 0 Å². The summed E-state index contributed by atoms with van der Waals surface area (Å²) in [5.41, 5.74) is 6.54. The summed E-state index contributed by atoms with van der Waals surface area (Å²) >= 11 is 0. The number of carbonyl (C=O) groups is 1. The number of piperidine rings is 1. The van der Waals surface area contributed by atoms with Crippen LogP contribution in [0.15, 0.2) is 12.4 Å². The van der Waals surface area contributed by atoms with Gasteiger partial charge in [-0.3, -0.25) is 9.78 Å². The number of sulfonamides is 1. The average molecular weight is 327 g/mol. The molecule has 0 aromatic carbocycles. The number of nitrogens with zero attached hydrogens (tertiary/aromatic N) is 3. The van der Waals surface area contributed by atoms with Crippen molar-refractivity contribution in [2.75, 3.05) is 31.6 Å². The van der Waals surface area contributed by atoms with Crippen LogP contribution in [0.5, 0.6) is 0 Å². The van der Waals surface area contributed by atoms with Crippen molar-refractivity contribution in [1.29, 1.82) is 0 Å². The number of aromatic nitrogens is 2. The van der Waals surface area contributed by atoms with E-state index in [1.54, 1.807) is 17.3 Å². The van der Waals surface area contributed by atoms with Gasteiger partial charge in [-0.25, -0.2) is 18.1 Å². The number of carbonyl (C=O) groups excluding carboxylic acids is 1. The molecule has 9 heteroatoms. The molecule has 1 atom stereocenters. The first-order valence-electron chi connectivity index (χ1n) is 7.13. The third kappa shape index (κ3) is 4.92. The Morgan fingerprint density at radius 3 is 2.86 bits per heavy atom. The van der Waals surface area contributed by atoms with Crippen molar-refractivity contribution >= 4 is 21.7 Å². The molecule has 1 aromatic heterocycles. The third-order valence-electron chi connectivity index (χ3n) is 3.65. The number of hydrogen-bond acceptors (Lipinski definition) is 6. The predicted octanol–water partition coefficient (Wildman–Crippen LogP) is -0.611. The molecule has 8 nitrogen and oxygen atoms in total. The molecule has 2 rings (SSSR count). The Bertz CT molecular complexity index is 634. The van der Waals surface area contributed by atoms with Gasteiger partial charge in [0.15, 0.2) is 0 Å². The van der Waals surface area contributed by atoms with E-state index in [1.807, 2.05) is 0 Å². The van der Waals surface area contributed by atoms with E-state index >= 15 is 0 Å². The van der Waals surface area contributed by atoms with Gasteiger partial charge in [-0.1, -0.05) is 0 Å². The first-order chi connectivity index (χ1) is 10.3. The highest BCUT2D eigenvalue weighted by molar-refractivity contribution is 7.88. The van der Waals surface area contributed by atoms with E-state index < -0.39 is 10.0 Å². The summed E-state index contributed by atoms with van der Waals surface area (Å²) in [7, 11) is -3.36. The van der Waals surface area contributed by atoms with Gasteiger partial charge in [0.05, 0.1) is 18.5 Å². The molecule has 1 amide bonds. The van der Waals surface area contributed by atoms with Crippen molar-refractivity contribution in [3.05, 3.63) is 18.1 Å². The average Bonchev–Trinajstić information content (AvgIpc) is 2.47. The maximum absolute atomic E-state index is 12.1. The summed E-state index contributed by atoms with van der Waals surface area (Å²) in [6.45, 7) is 1.04. The number of rotatable bonds is 5. The van der Waals surface area contributed by atoms with Gasteiger partial charge in [0.1, 0.15) is 5.82 Å². The molecule has 2 heterocycles. The van der Waals surface area contributed by atoms with E-state index in [2.05, 4.69) is 14.7 Å². The Hall–Kier alpha value is -1.74. The summed E-state index contributed by atoms with van der Waals surface area (Å²) in [4.78, 5) is 22.0. The zero-order valence-corrected chi connectivity index (χ0v) is 13.3. The predicted molar refractivity (Wildman–Crippen MR) is 82.3 cm³/mol. The number of nitrogen functional groups attached to an aromatic ring is 1. The zero-order chi connectivity index (χ0) is 16.2. The van der Waals surface area contributed by atoms with Crippen LogP contribution in [0.1, 0.15) is 18.5 Å². The summed E-state index contributed by atoms with van der Waals surface area (Å²) in [5, 5.41) is 0. The minimum absolute atomic E-state index is 0.196. The lowest BCUT2D eigenvalue weighted by Gasteiger charge is -2.32. The highest BCUT2D eigenvalue weighted by atomic mass is 32.2. The van der Waals surface area contributed by atoms with Crippen LogP contribution in [-0.2, 0) is 21.2 Å². The SMILES string of the molecule is CS(=O)(=O)NCC(=O)N1CCC[C@@H](Cc2nccnc2N)C1. The molecule has 1 aliphatic rings. The number of nitrogens with one attached hydrogen (secondary N) is 1. The van der Waals surface area contributed by atoms with Crippen LogP contribution >= 0.6 is 0 Å². The molecule has 0 saturated carbocycles. The van der Waals surface area contributed by atoms with Crippen molar-refractivity contribution in [2.24, 2.45) is 5.92 Å². The first-order valence-corrected chi connectivity index (χ1v) is 9.02.